The zero-order chi connectivity index (χ0) is 16.8. The summed E-state index contributed by atoms with van der Waals surface area (Å²) >= 11 is 1.32. The van der Waals surface area contributed by atoms with E-state index >= 15 is 0 Å². The van der Waals surface area contributed by atoms with Gasteiger partial charge in [-0.15, -0.1) is 11.3 Å². The van der Waals surface area contributed by atoms with Gasteiger partial charge in [-0.1, -0.05) is 0 Å². The fourth-order valence-corrected chi connectivity index (χ4v) is 4.04. The Bertz CT molecular complexity index is 989. The zero-order valence-corrected chi connectivity index (χ0v) is 13.7. The third kappa shape index (κ3) is 2.35. The SMILES string of the molecule is Cn1nc2c(c1NC(=O)c1cc3cc([N+](=O)[O-])ccc3s1)CCC2. The second-order valence-corrected chi connectivity index (χ2v) is 6.88. The highest BCUT2D eigenvalue weighted by Gasteiger charge is 2.23. The molecule has 3 aromatic rings. The molecule has 1 aromatic carbocycles. The van der Waals surface area contributed by atoms with Gasteiger partial charge in [0.15, 0.2) is 0 Å². The molecule has 0 radical (unpaired) electrons. The molecule has 0 fully saturated rings. The molecule has 1 N–H and O–H groups in total. The van der Waals surface area contributed by atoms with Crippen LogP contribution in [-0.4, -0.2) is 20.6 Å². The van der Waals surface area contributed by atoms with E-state index in [1.165, 1.54) is 23.5 Å². The van der Waals surface area contributed by atoms with Gasteiger partial charge in [-0.3, -0.25) is 19.6 Å². The van der Waals surface area contributed by atoms with Crippen molar-refractivity contribution >= 4 is 38.8 Å². The maximum absolute atomic E-state index is 12.6. The first-order valence-corrected chi connectivity index (χ1v) is 8.38. The van der Waals surface area contributed by atoms with Crippen LogP contribution in [0.3, 0.4) is 0 Å². The molecule has 1 amide bonds. The number of fused-ring (bicyclic) bond motifs is 2. The van der Waals surface area contributed by atoms with Crippen molar-refractivity contribution in [3.8, 4) is 0 Å². The summed E-state index contributed by atoms with van der Waals surface area (Å²) in [7, 11) is 1.82. The molecule has 7 nitrogen and oxygen atoms in total. The first kappa shape index (κ1) is 14.8. The number of aryl methyl sites for hydroxylation is 2. The first-order chi connectivity index (χ1) is 11.5. The molecule has 8 heteroatoms. The van der Waals surface area contributed by atoms with Gasteiger partial charge in [-0.25, -0.2) is 0 Å². The lowest BCUT2D eigenvalue weighted by Crippen LogP contribution is -2.14. The molecular weight excluding hydrogens is 328 g/mol. The molecule has 0 atom stereocenters. The van der Waals surface area contributed by atoms with Crippen molar-refractivity contribution in [2.45, 2.75) is 19.3 Å². The van der Waals surface area contributed by atoms with Crippen LogP contribution in [0.1, 0.15) is 27.3 Å². The predicted octanol–water partition coefficient (Wildman–Crippen LogP) is 3.28. The zero-order valence-electron chi connectivity index (χ0n) is 12.9. The number of thiophene rings is 1. The molecule has 122 valence electrons. The van der Waals surface area contributed by atoms with Gasteiger partial charge in [0.05, 0.1) is 15.5 Å². The van der Waals surface area contributed by atoms with E-state index in [0.717, 1.165) is 41.0 Å². The Morgan fingerprint density at radius 1 is 1.38 bits per heavy atom. The van der Waals surface area contributed by atoms with Crippen LogP contribution < -0.4 is 5.32 Å². The van der Waals surface area contributed by atoms with Gasteiger partial charge in [0.25, 0.3) is 11.6 Å². The summed E-state index contributed by atoms with van der Waals surface area (Å²) in [4.78, 5) is 23.5. The quantitative estimate of drug-likeness (QED) is 0.584. The van der Waals surface area contributed by atoms with Crippen molar-refractivity contribution in [1.29, 1.82) is 0 Å². The van der Waals surface area contributed by atoms with E-state index in [0.29, 0.717) is 10.3 Å². The molecule has 0 saturated carbocycles. The third-order valence-corrected chi connectivity index (χ3v) is 5.35. The fourth-order valence-electron chi connectivity index (χ4n) is 3.10. The molecule has 0 saturated heterocycles. The van der Waals surface area contributed by atoms with Gasteiger partial charge in [0.2, 0.25) is 0 Å². The smallest absolute Gasteiger partial charge is 0.270 e. The number of aromatic nitrogens is 2. The number of carbonyl (C=O) groups excluding carboxylic acids is 1. The second-order valence-electron chi connectivity index (χ2n) is 5.80. The van der Waals surface area contributed by atoms with Gasteiger partial charge in [-0.2, -0.15) is 5.10 Å². The lowest BCUT2D eigenvalue weighted by atomic mass is 10.2. The Hall–Kier alpha value is -2.74. The summed E-state index contributed by atoms with van der Waals surface area (Å²) in [6, 6.07) is 6.31. The predicted molar refractivity (Wildman–Crippen MR) is 91.7 cm³/mol. The number of anilines is 1. The first-order valence-electron chi connectivity index (χ1n) is 7.57. The summed E-state index contributed by atoms with van der Waals surface area (Å²) in [5.41, 5.74) is 2.19. The van der Waals surface area contributed by atoms with E-state index in [2.05, 4.69) is 10.4 Å². The van der Waals surface area contributed by atoms with Crippen molar-refractivity contribution in [2.24, 2.45) is 7.05 Å². The normalized spacial score (nSPS) is 13.2. The van der Waals surface area contributed by atoms with Crippen LogP contribution in [0.5, 0.6) is 0 Å². The Kier molecular flexibility index (Phi) is 3.34. The molecule has 0 bridgehead atoms. The van der Waals surface area contributed by atoms with E-state index in [4.69, 9.17) is 0 Å². The monoisotopic (exact) mass is 342 g/mol. The lowest BCUT2D eigenvalue weighted by molar-refractivity contribution is -0.384. The number of benzene rings is 1. The number of nitro benzene ring substituents is 1. The van der Waals surface area contributed by atoms with Crippen molar-refractivity contribution < 1.29 is 9.72 Å². The van der Waals surface area contributed by atoms with Crippen molar-refractivity contribution in [2.75, 3.05) is 5.32 Å². The van der Waals surface area contributed by atoms with Crippen LogP contribution >= 0.6 is 11.3 Å². The summed E-state index contributed by atoms with van der Waals surface area (Å²) in [6.45, 7) is 0. The number of carbonyl (C=O) groups is 1. The van der Waals surface area contributed by atoms with Gasteiger partial charge < -0.3 is 5.32 Å². The molecule has 0 aliphatic heterocycles. The van der Waals surface area contributed by atoms with E-state index in [9.17, 15) is 14.9 Å². The summed E-state index contributed by atoms with van der Waals surface area (Å²) in [5.74, 6) is 0.535. The van der Waals surface area contributed by atoms with Gasteiger partial charge in [0, 0.05) is 34.8 Å². The Balaban J connectivity index is 1.65. The summed E-state index contributed by atoms with van der Waals surface area (Å²) in [6.07, 6.45) is 2.94. The number of non-ortho nitro benzene ring substituents is 1. The average Bonchev–Trinajstić information content (AvgIpc) is 3.22. The van der Waals surface area contributed by atoms with E-state index in [1.807, 2.05) is 7.05 Å². The van der Waals surface area contributed by atoms with Crippen LogP contribution in [0, 0.1) is 10.1 Å². The van der Waals surface area contributed by atoms with E-state index < -0.39 is 4.92 Å². The molecule has 0 spiro atoms. The molecular formula is C16H14N4O3S. The standard InChI is InChI=1S/C16H14N4O3S/c1-19-15(11-3-2-4-12(11)18-19)17-16(21)14-8-9-7-10(20(22)23)5-6-13(9)24-14/h5-8H,2-4H2,1H3,(H,17,21). The highest BCUT2D eigenvalue weighted by molar-refractivity contribution is 7.20. The Morgan fingerprint density at radius 3 is 3.00 bits per heavy atom. The molecule has 1 aliphatic carbocycles. The lowest BCUT2D eigenvalue weighted by Gasteiger charge is -2.06. The number of hydrogen-bond acceptors (Lipinski definition) is 5. The van der Waals surface area contributed by atoms with Crippen LogP contribution in [0.2, 0.25) is 0 Å². The molecule has 1 aliphatic rings. The second kappa shape index (κ2) is 5.41. The number of nitrogens with zero attached hydrogens (tertiary/aromatic N) is 3. The summed E-state index contributed by atoms with van der Waals surface area (Å²) < 4.78 is 2.56. The highest BCUT2D eigenvalue weighted by Crippen LogP contribution is 2.31. The Morgan fingerprint density at radius 2 is 2.21 bits per heavy atom. The number of hydrogen-bond donors (Lipinski definition) is 1. The van der Waals surface area contributed by atoms with E-state index in [-0.39, 0.29) is 11.6 Å². The fraction of sp³-hybridized carbons (Fsp3) is 0.250. The van der Waals surface area contributed by atoms with Crippen molar-refractivity contribution in [3.63, 3.8) is 0 Å². The molecule has 2 aromatic heterocycles. The van der Waals surface area contributed by atoms with Gasteiger partial charge in [-0.05, 0) is 31.4 Å². The molecule has 2 heterocycles. The van der Waals surface area contributed by atoms with Crippen LogP contribution in [0.15, 0.2) is 24.3 Å². The number of nitro groups is 1. The third-order valence-electron chi connectivity index (χ3n) is 4.24. The maximum atomic E-state index is 12.6. The topological polar surface area (TPSA) is 90.1 Å². The van der Waals surface area contributed by atoms with Gasteiger partial charge >= 0.3 is 0 Å². The largest absolute Gasteiger partial charge is 0.306 e. The molecule has 4 rings (SSSR count). The maximum Gasteiger partial charge on any atom is 0.270 e. The van der Waals surface area contributed by atoms with Crippen molar-refractivity contribution in [3.05, 3.63) is 50.5 Å². The minimum atomic E-state index is -0.435. The number of nitrogens with one attached hydrogen (secondary N) is 1. The molecule has 24 heavy (non-hydrogen) atoms. The van der Waals surface area contributed by atoms with E-state index in [1.54, 1.807) is 16.8 Å². The highest BCUT2D eigenvalue weighted by atomic mass is 32.1. The molecule has 0 unspecified atom stereocenters. The van der Waals surface area contributed by atoms with Crippen LogP contribution in [0.25, 0.3) is 10.1 Å². The summed E-state index contributed by atoms with van der Waals surface area (Å²) in [5, 5.41) is 19.0. The average molecular weight is 342 g/mol. The Labute approximate surface area is 141 Å². The number of rotatable bonds is 3. The minimum absolute atomic E-state index is 0.0247. The van der Waals surface area contributed by atoms with Crippen LogP contribution in [-0.2, 0) is 19.9 Å². The van der Waals surface area contributed by atoms with Gasteiger partial charge in [0.1, 0.15) is 5.82 Å². The van der Waals surface area contributed by atoms with Crippen molar-refractivity contribution in [1.82, 2.24) is 9.78 Å². The number of amides is 1. The van der Waals surface area contributed by atoms with Crippen LogP contribution in [0.4, 0.5) is 11.5 Å². The minimum Gasteiger partial charge on any atom is -0.306 e.